The standard InChI is InChI=1S/C11H23F2NO2/c1-9(2)4-3-5-16-8-10(15)6-14-7-11(12)13/h9-11,14-15H,3-8H2,1-2H3. The summed E-state index contributed by atoms with van der Waals surface area (Å²) in [5.74, 6) is 0.654. The Bertz CT molecular complexity index is 157. The number of aliphatic hydroxyl groups is 1. The molecular formula is C11H23F2NO2. The fourth-order valence-electron chi connectivity index (χ4n) is 1.23. The van der Waals surface area contributed by atoms with Crippen molar-refractivity contribution in [3.8, 4) is 0 Å². The van der Waals surface area contributed by atoms with Gasteiger partial charge in [0.1, 0.15) is 0 Å². The molecule has 0 saturated carbocycles. The van der Waals surface area contributed by atoms with Crippen molar-refractivity contribution >= 4 is 0 Å². The maximum Gasteiger partial charge on any atom is 0.250 e. The Morgan fingerprint density at radius 2 is 1.94 bits per heavy atom. The van der Waals surface area contributed by atoms with Gasteiger partial charge >= 0.3 is 0 Å². The van der Waals surface area contributed by atoms with Crippen molar-refractivity contribution in [2.24, 2.45) is 5.92 Å². The Kier molecular flexibility index (Phi) is 9.77. The van der Waals surface area contributed by atoms with Crippen LogP contribution >= 0.6 is 0 Å². The molecule has 0 aromatic carbocycles. The first-order valence-corrected chi connectivity index (χ1v) is 5.77. The lowest BCUT2D eigenvalue weighted by Gasteiger charge is -2.12. The maximum absolute atomic E-state index is 11.7. The Balaban J connectivity index is 3.20. The van der Waals surface area contributed by atoms with Gasteiger partial charge in [-0.25, -0.2) is 8.78 Å². The molecule has 1 unspecified atom stereocenters. The summed E-state index contributed by atoms with van der Waals surface area (Å²) in [6.45, 7) is 4.86. The zero-order chi connectivity index (χ0) is 12.4. The zero-order valence-electron chi connectivity index (χ0n) is 10.1. The van der Waals surface area contributed by atoms with Crippen LogP contribution in [0, 0.1) is 5.92 Å². The quantitative estimate of drug-likeness (QED) is 0.570. The highest BCUT2D eigenvalue weighted by Crippen LogP contribution is 2.03. The summed E-state index contributed by atoms with van der Waals surface area (Å²) in [6.07, 6.45) is -1.02. The number of aliphatic hydroxyl groups excluding tert-OH is 1. The molecule has 0 spiro atoms. The fraction of sp³-hybridized carbons (Fsp3) is 1.00. The SMILES string of the molecule is CC(C)CCCOCC(O)CNCC(F)F. The molecule has 2 N–H and O–H groups in total. The van der Waals surface area contributed by atoms with E-state index in [0.717, 1.165) is 12.8 Å². The topological polar surface area (TPSA) is 41.5 Å². The predicted octanol–water partition coefficient (Wildman–Crippen LogP) is 1.65. The summed E-state index contributed by atoms with van der Waals surface area (Å²) >= 11 is 0. The number of ether oxygens (including phenoxy) is 1. The predicted molar refractivity (Wildman–Crippen MR) is 59.8 cm³/mol. The van der Waals surface area contributed by atoms with Gasteiger partial charge in [0.15, 0.2) is 0 Å². The Morgan fingerprint density at radius 3 is 2.50 bits per heavy atom. The van der Waals surface area contributed by atoms with Gasteiger partial charge in [-0.05, 0) is 18.8 Å². The van der Waals surface area contributed by atoms with Gasteiger partial charge in [0.05, 0.1) is 19.3 Å². The first-order valence-electron chi connectivity index (χ1n) is 5.77. The van der Waals surface area contributed by atoms with Crippen LogP contribution in [-0.4, -0.2) is 43.9 Å². The van der Waals surface area contributed by atoms with Crippen LogP contribution in [0.25, 0.3) is 0 Å². The Labute approximate surface area is 96.2 Å². The van der Waals surface area contributed by atoms with E-state index in [2.05, 4.69) is 19.2 Å². The van der Waals surface area contributed by atoms with Crippen LogP contribution in [0.5, 0.6) is 0 Å². The minimum atomic E-state index is -2.38. The van der Waals surface area contributed by atoms with E-state index in [-0.39, 0.29) is 19.7 Å². The molecule has 0 aliphatic heterocycles. The van der Waals surface area contributed by atoms with Crippen LogP contribution in [0.3, 0.4) is 0 Å². The molecule has 0 heterocycles. The lowest BCUT2D eigenvalue weighted by molar-refractivity contribution is 0.0323. The fourth-order valence-corrected chi connectivity index (χ4v) is 1.23. The van der Waals surface area contributed by atoms with Crippen molar-refractivity contribution in [2.45, 2.75) is 39.2 Å². The first kappa shape index (κ1) is 15.7. The monoisotopic (exact) mass is 239 g/mol. The largest absolute Gasteiger partial charge is 0.389 e. The molecule has 0 rings (SSSR count). The second kappa shape index (κ2) is 9.93. The van der Waals surface area contributed by atoms with E-state index in [1.807, 2.05) is 0 Å². The van der Waals surface area contributed by atoms with Crippen LogP contribution in [0.2, 0.25) is 0 Å². The van der Waals surface area contributed by atoms with Crippen LogP contribution in [-0.2, 0) is 4.74 Å². The van der Waals surface area contributed by atoms with Gasteiger partial charge in [-0.2, -0.15) is 0 Å². The Hall–Kier alpha value is -0.260. The van der Waals surface area contributed by atoms with E-state index < -0.39 is 12.5 Å². The summed E-state index contributed by atoms with van der Waals surface area (Å²) < 4.78 is 28.7. The lowest BCUT2D eigenvalue weighted by atomic mass is 10.1. The van der Waals surface area contributed by atoms with Gasteiger partial charge in [-0.15, -0.1) is 0 Å². The third kappa shape index (κ3) is 11.8. The molecule has 0 bridgehead atoms. The highest BCUT2D eigenvalue weighted by Gasteiger charge is 2.06. The highest BCUT2D eigenvalue weighted by molar-refractivity contribution is 4.59. The summed E-state index contributed by atoms with van der Waals surface area (Å²) in [4.78, 5) is 0. The number of alkyl halides is 2. The van der Waals surface area contributed by atoms with Crippen molar-refractivity contribution in [3.05, 3.63) is 0 Å². The molecule has 0 aromatic rings. The minimum absolute atomic E-state index is 0.147. The molecule has 0 aliphatic carbocycles. The molecule has 3 nitrogen and oxygen atoms in total. The van der Waals surface area contributed by atoms with Crippen LogP contribution in [0.4, 0.5) is 8.78 Å². The molecule has 0 amide bonds. The van der Waals surface area contributed by atoms with Crippen LogP contribution < -0.4 is 5.32 Å². The highest BCUT2D eigenvalue weighted by atomic mass is 19.3. The van der Waals surface area contributed by atoms with Crippen molar-refractivity contribution in [1.82, 2.24) is 5.32 Å². The molecule has 1 atom stereocenters. The average Bonchev–Trinajstić information content (AvgIpc) is 2.16. The third-order valence-electron chi connectivity index (χ3n) is 2.06. The molecule has 0 fully saturated rings. The molecule has 0 radical (unpaired) electrons. The molecule has 0 saturated heterocycles. The van der Waals surface area contributed by atoms with Gasteiger partial charge in [0, 0.05) is 13.2 Å². The molecular weight excluding hydrogens is 216 g/mol. The molecule has 98 valence electrons. The van der Waals surface area contributed by atoms with E-state index in [1.165, 1.54) is 0 Å². The van der Waals surface area contributed by atoms with Gasteiger partial charge in [-0.1, -0.05) is 13.8 Å². The Morgan fingerprint density at radius 1 is 1.25 bits per heavy atom. The number of hydrogen-bond acceptors (Lipinski definition) is 3. The third-order valence-corrected chi connectivity index (χ3v) is 2.06. The minimum Gasteiger partial charge on any atom is -0.389 e. The number of halogens is 2. The van der Waals surface area contributed by atoms with E-state index in [4.69, 9.17) is 4.74 Å². The zero-order valence-corrected chi connectivity index (χ0v) is 10.1. The molecule has 0 aromatic heterocycles. The molecule has 0 aliphatic rings. The number of rotatable bonds is 10. The van der Waals surface area contributed by atoms with Crippen molar-refractivity contribution < 1.29 is 18.6 Å². The van der Waals surface area contributed by atoms with E-state index in [0.29, 0.717) is 12.5 Å². The summed E-state index contributed by atoms with van der Waals surface area (Å²) in [5.41, 5.74) is 0. The number of nitrogens with one attached hydrogen (secondary N) is 1. The van der Waals surface area contributed by atoms with E-state index in [1.54, 1.807) is 0 Å². The maximum atomic E-state index is 11.7. The summed E-state index contributed by atoms with van der Waals surface area (Å²) in [6, 6.07) is 0. The van der Waals surface area contributed by atoms with Crippen molar-refractivity contribution in [3.63, 3.8) is 0 Å². The van der Waals surface area contributed by atoms with E-state index >= 15 is 0 Å². The average molecular weight is 239 g/mol. The second-order valence-corrected chi connectivity index (χ2v) is 4.31. The summed E-state index contributed by atoms with van der Waals surface area (Å²) in [7, 11) is 0. The molecule has 5 heteroatoms. The van der Waals surface area contributed by atoms with Crippen LogP contribution in [0.1, 0.15) is 26.7 Å². The van der Waals surface area contributed by atoms with Gasteiger partial charge in [0.2, 0.25) is 0 Å². The smallest absolute Gasteiger partial charge is 0.250 e. The van der Waals surface area contributed by atoms with Gasteiger partial charge in [0.25, 0.3) is 6.43 Å². The van der Waals surface area contributed by atoms with Crippen molar-refractivity contribution in [2.75, 3.05) is 26.3 Å². The lowest BCUT2D eigenvalue weighted by Crippen LogP contribution is -2.33. The second-order valence-electron chi connectivity index (χ2n) is 4.31. The number of hydrogen-bond donors (Lipinski definition) is 2. The summed E-state index contributed by atoms with van der Waals surface area (Å²) in [5, 5.41) is 11.8. The van der Waals surface area contributed by atoms with Gasteiger partial charge in [-0.3, -0.25) is 0 Å². The normalized spacial score (nSPS) is 13.7. The van der Waals surface area contributed by atoms with Crippen LogP contribution in [0.15, 0.2) is 0 Å². The van der Waals surface area contributed by atoms with Crippen molar-refractivity contribution in [1.29, 1.82) is 0 Å². The molecule has 16 heavy (non-hydrogen) atoms. The van der Waals surface area contributed by atoms with E-state index in [9.17, 15) is 13.9 Å². The first-order chi connectivity index (χ1) is 7.52. The van der Waals surface area contributed by atoms with Gasteiger partial charge < -0.3 is 15.2 Å².